The van der Waals surface area contributed by atoms with Gasteiger partial charge in [-0.1, -0.05) is 18.2 Å². The Morgan fingerprint density at radius 3 is 2.54 bits per heavy atom. The van der Waals surface area contributed by atoms with E-state index in [1.807, 2.05) is 49.5 Å². The molecule has 130 valence electrons. The maximum absolute atomic E-state index is 12.9. The summed E-state index contributed by atoms with van der Waals surface area (Å²) in [5.41, 5.74) is 2.39. The van der Waals surface area contributed by atoms with Gasteiger partial charge in [0.05, 0.1) is 31.1 Å². The predicted molar refractivity (Wildman–Crippen MR) is 99.3 cm³/mol. The fraction of sp³-hybridized carbons (Fsp3) is 0.353. The maximum Gasteiger partial charge on any atom is 0.356 e. The molecule has 1 heterocycles. The molecule has 0 atom stereocenters. The third-order valence-electron chi connectivity index (χ3n) is 3.19. The Labute approximate surface area is 142 Å². The molecule has 2 aromatic rings. The molecule has 0 fully saturated rings. The number of hydrogen-bond donors (Lipinski definition) is 1. The normalized spacial score (nSPS) is 13.1. The molecule has 0 aliphatic heterocycles. The average Bonchev–Trinajstić information content (AvgIpc) is 2.96. The topological polar surface area (TPSA) is 66.9 Å². The van der Waals surface area contributed by atoms with Gasteiger partial charge in [0.1, 0.15) is 0 Å². The monoisotopic (exact) mass is 349 g/mol. The van der Waals surface area contributed by atoms with Crippen molar-refractivity contribution in [3.8, 4) is 0 Å². The highest BCUT2D eigenvalue weighted by Gasteiger charge is 2.23. The number of nitrogens with zero attached hydrogens (tertiary/aromatic N) is 2. The van der Waals surface area contributed by atoms with Gasteiger partial charge in [0.25, 0.3) is 0 Å². The van der Waals surface area contributed by atoms with Crippen LogP contribution in [0.4, 0.5) is 0 Å². The molecule has 0 radical (unpaired) electrons. The standard InChI is InChI=1S/C17H24N3O3P/c1-5-22-24(21,23-6-2)12-17(19-13-20(3)4)15-11-18-16-10-8-7-9-14(15)16/h7-13,18H,5-6H2,1-4H3/b17-12+,19-13+. The van der Waals surface area contributed by atoms with Gasteiger partial charge >= 0.3 is 7.60 Å². The first-order chi connectivity index (χ1) is 11.5. The second-order valence-corrected chi connectivity index (χ2v) is 7.20. The summed E-state index contributed by atoms with van der Waals surface area (Å²) in [5.74, 6) is 1.50. The third-order valence-corrected chi connectivity index (χ3v) is 4.99. The predicted octanol–water partition coefficient (Wildman–Crippen LogP) is 4.32. The van der Waals surface area contributed by atoms with Crippen LogP contribution in [0.2, 0.25) is 0 Å². The number of rotatable bonds is 8. The molecule has 0 unspecified atom stereocenters. The minimum Gasteiger partial charge on any atom is -0.369 e. The van der Waals surface area contributed by atoms with E-state index in [2.05, 4.69) is 9.98 Å². The third kappa shape index (κ3) is 4.57. The summed E-state index contributed by atoms with van der Waals surface area (Å²) >= 11 is 0. The molecule has 0 saturated carbocycles. The lowest BCUT2D eigenvalue weighted by Crippen LogP contribution is -2.07. The molecule has 1 aromatic carbocycles. The van der Waals surface area contributed by atoms with Crippen LogP contribution in [0.5, 0.6) is 0 Å². The molecular formula is C17H24N3O3P. The van der Waals surface area contributed by atoms with Crippen LogP contribution in [0.1, 0.15) is 19.4 Å². The summed E-state index contributed by atoms with van der Waals surface area (Å²) in [6.07, 6.45) is 3.52. The first-order valence-corrected chi connectivity index (χ1v) is 9.49. The van der Waals surface area contributed by atoms with E-state index in [1.54, 1.807) is 20.2 Å². The van der Waals surface area contributed by atoms with Gasteiger partial charge in [0, 0.05) is 36.8 Å². The molecule has 1 N–H and O–H groups in total. The first kappa shape index (κ1) is 18.5. The van der Waals surface area contributed by atoms with E-state index in [4.69, 9.17) is 9.05 Å². The van der Waals surface area contributed by atoms with Gasteiger partial charge < -0.3 is 18.9 Å². The lowest BCUT2D eigenvalue weighted by atomic mass is 10.1. The number of aliphatic imine (C=N–C) groups is 1. The van der Waals surface area contributed by atoms with E-state index >= 15 is 0 Å². The summed E-state index contributed by atoms with van der Waals surface area (Å²) < 4.78 is 23.6. The van der Waals surface area contributed by atoms with Gasteiger partial charge in [-0.2, -0.15) is 0 Å². The highest BCUT2D eigenvalue weighted by atomic mass is 31.2. The second-order valence-electron chi connectivity index (χ2n) is 5.35. The molecule has 2 rings (SSSR count). The van der Waals surface area contributed by atoms with E-state index in [1.165, 1.54) is 5.82 Å². The molecule has 6 nitrogen and oxygen atoms in total. The number of benzene rings is 1. The molecule has 7 heteroatoms. The fourth-order valence-corrected chi connectivity index (χ4v) is 3.70. The summed E-state index contributed by atoms with van der Waals surface area (Å²) in [6, 6.07) is 7.89. The first-order valence-electron chi connectivity index (χ1n) is 7.88. The number of aromatic amines is 1. The van der Waals surface area contributed by atoms with Crippen molar-refractivity contribution < 1.29 is 13.6 Å². The summed E-state index contributed by atoms with van der Waals surface area (Å²) in [6.45, 7) is 4.17. The van der Waals surface area contributed by atoms with Crippen molar-refractivity contribution >= 4 is 30.5 Å². The molecule has 0 bridgehead atoms. The van der Waals surface area contributed by atoms with Gasteiger partial charge in [-0.05, 0) is 19.9 Å². The Kier molecular flexibility index (Phi) is 6.37. The van der Waals surface area contributed by atoms with Gasteiger partial charge in [-0.3, -0.25) is 4.57 Å². The zero-order chi connectivity index (χ0) is 17.6. The molecular weight excluding hydrogens is 325 g/mol. The second kappa shape index (κ2) is 8.29. The summed E-state index contributed by atoms with van der Waals surface area (Å²) in [7, 11) is 0.389. The Morgan fingerprint density at radius 2 is 1.92 bits per heavy atom. The van der Waals surface area contributed by atoms with E-state index in [0.717, 1.165) is 16.5 Å². The van der Waals surface area contributed by atoms with Crippen LogP contribution in [0.3, 0.4) is 0 Å². The van der Waals surface area contributed by atoms with E-state index in [9.17, 15) is 4.57 Å². The highest BCUT2D eigenvalue weighted by molar-refractivity contribution is 7.57. The van der Waals surface area contributed by atoms with Crippen LogP contribution in [-0.4, -0.2) is 43.5 Å². The zero-order valence-corrected chi connectivity index (χ0v) is 15.4. The molecule has 0 saturated heterocycles. The van der Waals surface area contributed by atoms with Crippen molar-refractivity contribution in [2.45, 2.75) is 13.8 Å². The molecule has 24 heavy (non-hydrogen) atoms. The van der Waals surface area contributed by atoms with Crippen LogP contribution >= 0.6 is 7.60 Å². The largest absolute Gasteiger partial charge is 0.369 e. The number of hydrogen-bond acceptors (Lipinski definition) is 4. The molecule has 0 amide bonds. The molecule has 0 aliphatic rings. The lowest BCUT2D eigenvalue weighted by molar-refractivity contribution is 0.229. The van der Waals surface area contributed by atoms with Gasteiger partial charge in [0.2, 0.25) is 0 Å². The van der Waals surface area contributed by atoms with Crippen molar-refractivity contribution in [3.63, 3.8) is 0 Å². The Hall–Kier alpha value is -1.88. The summed E-state index contributed by atoms with van der Waals surface area (Å²) in [5, 5.41) is 0.999. The molecule has 1 aromatic heterocycles. The Balaban J connectivity index is 2.56. The van der Waals surface area contributed by atoms with Crippen LogP contribution < -0.4 is 0 Å². The van der Waals surface area contributed by atoms with Crippen molar-refractivity contribution in [2.75, 3.05) is 27.3 Å². The van der Waals surface area contributed by atoms with E-state index in [0.29, 0.717) is 18.9 Å². The van der Waals surface area contributed by atoms with Crippen molar-refractivity contribution in [2.24, 2.45) is 4.99 Å². The summed E-state index contributed by atoms with van der Waals surface area (Å²) in [4.78, 5) is 9.50. The van der Waals surface area contributed by atoms with Crippen molar-refractivity contribution in [1.82, 2.24) is 9.88 Å². The Morgan fingerprint density at radius 1 is 1.25 bits per heavy atom. The lowest BCUT2D eigenvalue weighted by Gasteiger charge is -2.14. The quantitative estimate of drug-likeness (QED) is 0.438. The number of aromatic nitrogens is 1. The fourth-order valence-electron chi connectivity index (χ4n) is 2.25. The van der Waals surface area contributed by atoms with Crippen LogP contribution in [0.15, 0.2) is 41.3 Å². The number of para-hydroxylation sites is 1. The number of H-pyrrole nitrogens is 1. The average molecular weight is 349 g/mol. The highest BCUT2D eigenvalue weighted by Crippen LogP contribution is 2.52. The Bertz CT molecular complexity index is 770. The molecule has 0 aliphatic carbocycles. The minimum absolute atomic E-state index is 0.298. The van der Waals surface area contributed by atoms with Gasteiger partial charge in [-0.25, -0.2) is 4.99 Å². The van der Waals surface area contributed by atoms with Gasteiger partial charge in [0.15, 0.2) is 0 Å². The van der Waals surface area contributed by atoms with E-state index < -0.39 is 7.60 Å². The number of fused-ring (bicyclic) bond motifs is 1. The van der Waals surface area contributed by atoms with Crippen LogP contribution in [0.25, 0.3) is 16.6 Å². The minimum atomic E-state index is -3.36. The van der Waals surface area contributed by atoms with Gasteiger partial charge in [-0.15, -0.1) is 0 Å². The molecule has 0 spiro atoms. The SMILES string of the molecule is CCOP(=O)(/C=C(/N=C/N(C)C)c1c[nH]c2ccccc12)OCC. The van der Waals surface area contributed by atoms with Crippen LogP contribution in [-0.2, 0) is 13.6 Å². The van der Waals surface area contributed by atoms with Crippen molar-refractivity contribution in [3.05, 3.63) is 41.8 Å². The van der Waals surface area contributed by atoms with Crippen LogP contribution in [0, 0.1) is 0 Å². The zero-order valence-electron chi connectivity index (χ0n) is 14.5. The van der Waals surface area contributed by atoms with E-state index in [-0.39, 0.29) is 0 Å². The number of nitrogens with one attached hydrogen (secondary N) is 1. The van der Waals surface area contributed by atoms with Crippen molar-refractivity contribution in [1.29, 1.82) is 0 Å². The smallest absolute Gasteiger partial charge is 0.356 e. The maximum atomic E-state index is 12.9.